The molecule has 1 heterocycles. The van der Waals surface area contributed by atoms with Crippen molar-refractivity contribution in [3.63, 3.8) is 0 Å². The second-order valence-electron chi connectivity index (χ2n) is 3.68. The number of aliphatic hydroxyl groups is 1. The molecular weight excluding hydrogens is 164 g/mol. The lowest BCUT2D eigenvalue weighted by atomic mass is 10.2. The quantitative estimate of drug-likeness (QED) is 0.650. The van der Waals surface area contributed by atoms with Crippen LogP contribution in [0.3, 0.4) is 0 Å². The van der Waals surface area contributed by atoms with Crippen LogP contribution in [-0.4, -0.2) is 22.2 Å². The number of aliphatic hydroxyl groups excluding tert-OH is 1. The van der Waals surface area contributed by atoms with E-state index in [0.717, 1.165) is 25.8 Å². The van der Waals surface area contributed by atoms with Gasteiger partial charge in [-0.2, -0.15) is 0 Å². The fraction of sp³-hybridized carbons (Fsp3) is 0.600. The van der Waals surface area contributed by atoms with Crippen LogP contribution in [0, 0.1) is 0 Å². The fourth-order valence-electron chi connectivity index (χ4n) is 1.90. The van der Waals surface area contributed by atoms with Crippen molar-refractivity contribution in [2.24, 2.45) is 0 Å². The standard InChI is InChI=1S/C10H16N2O/c13-10-5-1-4-9(10)12-7-8-3-2-6-11-8/h2-3,6,9-13H,1,4-5,7H2. The van der Waals surface area contributed by atoms with Crippen molar-refractivity contribution in [2.45, 2.75) is 38.0 Å². The van der Waals surface area contributed by atoms with E-state index >= 15 is 0 Å². The number of hydrogen-bond donors (Lipinski definition) is 3. The van der Waals surface area contributed by atoms with Gasteiger partial charge >= 0.3 is 0 Å². The number of aromatic amines is 1. The summed E-state index contributed by atoms with van der Waals surface area (Å²) in [4.78, 5) is 3.13. The van der Waals surface area contributed by atoms with Crippen LogP contribution in [0.5, 0.6) is 0 Å². The first kappa shape index (κ1) is 8.78. The Labute approximate surface area is 78.2 Å². The van der Waals surface area contributed by atoms with Gasteiger partial charge in [-0.15, -0.1) is 0 Å². The van der Waals surface area contributed by atoms with Crippen LogP contribution in [0.4, 0.5) is 0 Å². The van der Waals surface area contributed by atoms with E-state index in [1.54, 1.807) is 0 Å². The first-order valence-corrected chi connectivity index (χ1v) is 4.90. The molecule has 1 aromatic heterocycles. The lowest BCUT2D eigenvalue weighted by molar-refractivity contribution is 0.148. The Hall–Kier alpha value is -0.800. The molecule has 3 N–H and O–H groups in total. The lowest BCUT2D eigenvalue weighted by Gasteiger charge is -2.15. The molecule has 0 amide bonds. The largest absolute Gasteiger partial charge is 0.392 e. The molecule has 2 rings (SSSR count). The predicted molar refractivity (Wildman–Crippen MR) is 51.3 cm³/mol. The monoisotopic (exact) mass is 180 g/mol. The third-order valence-electron chi connectivity index (χ3n) is 2.70. The van der Waals surface area contributed by atoms with Crippen molar-refractivity contribution in [1.82, 2.24) is 10.3 Å². The van der Waals surface area contributed by atoms with Crippen molar-refractivity contribution in [3.05, 3.63) is 24.0 Å². The first-order valence-electron chi connectivity index (χ1n) is 4.90. The smallest absolute Gasteiger partial charge is 0.0693 e. The summed E-state index contributed by atoms with van der Waals surface area (Å²) in [5.41, 5.74) is 1.18. The highest BCUT2D eigenvalue weighted by Crippen LogP contribution is 2.18. The second kappa shape index (κ2) is 3.94. The Bertz CT molecular complexity index is 245. The molecule has 3 heteroatoms. The molecule has 1 saturated carbocycles. The van der Waals surface area contributed by atoms with Gasteiger partial charge < -0.3 is 15.4 Å². The van der Waals surface area contributed by atoms with E-state index in [-0.39, 0.29) is 6.10 Å². The Morgan fingerprint density at radius 1 is 1.54 bits per heavy atom. The maximum absolute atomic E-state index is 9.54. The molecule has 72 valence electrons. The molecule has 13 heavy (non-hydrogen) atoms. The van der Waals surface area contributed by atoms with Crippen LogP contribution in [0.25, 0.3) is 0 Å². The van der Waals surface area contributed by atoms with Crippen LogP contribution < -0.4 is 5.32 Å². The molecule has 1 aliphatic carbocycles. The van der Waals surface area contributed by atoms with Gasteiger partial charge in [-0.1, -0.05) is 0 Å². The van der Waals surface area contributed by atoms with Crippen LogP contribution in [0.15, 0.2) is 18.3 Å². The fourth-order valence-corrected chi connectivity index (χ4v) is 1.90. The van der Waals surface area contributed by atoms with Gasteiger partial charge in [-0.05, 0) is 31.4 Å². The number of H-pyrrole nitrogens is 1. The first-order chi connectivity index (χ1) is 6.36. The topological polar surface area (TPSA) is 48.0 Å². The van der Waals surface area contributed by atoms with Crippen molar-refractivity contribution < 1.29 is 5.11 Å². The van der Waals surface area contributed by atoms with Crippen molar-refractivity contribution in [2.75, 3.05) is 0 Å². The van der Waals surface area contributed by atoms with E-state index < -0.39 is 0 Å². The highest BCUT2D eigenvalue weighted by atomic mass is 16.3. The molecule has 1 aromatic rings. The zero-order chi connectivity index (χ0) is 9.10. The molecule has 0 saturated heterocycles. The van der Waals surface area contributed by atoms with Crippen LogP contribution in [0.2, 0.25) is 0 Å². The molecular formula is C10H16N2O. The molecule has 3 nitrogen and oxygen atoms in total. The Morgan fingerprint density at radius 3 is 3.08 bits per heavy atom. The van der Waals surface area contributed by atoms with Gasteiger partial charge in [-0.3, -0.25) is 0 Å². The maximum Gasteiger partial charge on any atom is 0.0693 e. The zero-order valence-corrected chi connectivity index (χ0v) is 7.66. The Balaban J connectivity index is 1.79. The van der Waals surface area contributed by atoms with Gasteiger partial charge in [0.15, 0.2) is 0 Å². The average Bonchev–Trinajstić information content (AvgIpc) is 2.72. The third-order valence-corrected chi connectivity index (χ3v) is 2.70. The minimum absolute atomic E-state index is 0.144. The summed E-state index contributed by atoms with van der Waals surface area (Å²) in [7, 11) is 0. The molecule has 1 fully saturated rings. The Kier molecular flexibility index (Phi) is 2.66. The third kappa shape index (κ3) is 2.11. The molecule has 1 aliphatic rings. The Morgan fingerprint density at radius 2 is 2.46 bits per heavy atom. The SMILES string of the molecule is OC1CCCC1NCc1ccc[nH]1. The summed E-state index contributed by atoms with van der Waals surface area (Å²) in [5, 5.41) is 12.9. The number of rotatable bonds is 3. The van der Waals surface area contributed by atoms with Crippen molar-refractivity contribution in [1.29, 1.82) is 0 Å². The van der Waals surface area contributed by atoms with Gasteiger partial charge in [0.25, 0.3) is 0 Å². The van der Waals surface area contributed by atoms with Gasteiger partial charge in [0.05, 0.1) is 6.10 Å². The van der Waals surface area contributed by atoms with Gasteiger partial charge in [-0.25, -0.2) is 0 Å². The number of nitrogens with one attached hydrogen (secondary N) is 2. The molecule has 0 bridgehead atoms. The van der Waals surface area contributed by atoms with Crippen LogP contribution in [0.1, 0.15) is 25.0 Å². The molecule has 0 aliphatic heterocycles. The minimum Gasteiger partial charge on any atom is -0.392 e. The van der Waals surface area contributed by atoms with E-state index in [4.69, 9.17) is 0 Å². The van der Waals surface area contributed by atoms with E-state index in [0.29, 0.717) is 6.04 Å². The summed E-state index contributed by atoms with van der Waals surface area (Å²) in [6.07, 6.45) is 4.96. The average molecular weight is 180 g/mol. The maximum atomic E-state index is 9.54. The van der Waals surface area contributed by atoms with E-state index in [1.807, 2.05) is 18.3 Å². The van der Waals surface area contributed by atoms with Crippen LogP contribution >= 0.6 is 0 Å². The zero-order valence-electron chi connectivity index (χ0n) is 7.66. The van der Waals surface area contributed by atoms with Crippen LogP contribution in [-0.2, 0) is 6.54 Å². The number of hydrogen-bond acceptors (Lipinski definition) is 2. The van der Waals surface area contributed by atoms with Crippen molar-refractivity contribution >= 4 is 0 Å². The van der Waals surface area contributed by atoms with E-state index in [9.17, 15) is 5.11 Å². The molecule has 0 radical (unpaired) electrons. The normalized spacial score (nSPS) is 28.1. The predicted octanol–water partition coefficient (Wildman–Crippen LogP) is 1.02. The summed E-state index contributed by atoms with van der Waals surface area (Å²) in [5.74, 6) is 0. The molecule has 2 unspecified atom stereocenters. The lowest BCUT2D eigenvalue weighted by Crippen LogP contribution is -2.35. The van der Waals surface area contributed by atoms with Gasteiger partial charge in [0.2, 0.25) is 0 Å². The summed E-state index contributed by atoms with van der Waals surface area (Å²) >= 11 is 0. The summed E-state index contributed by atoms with van der Waals surface area (Å²) in [6, 6.07) is 4.33. The number of aromatic nitrogens is 1. The van der Waals surface area contributed by atoms with E-state index in [2.05, 4.69) is 10.3 Å². The van der Waals surface area contributed by atoms with Gasteiger partial charge in [0.1, 0.15) is 0 Å². The molecule has 0 aromatic carbocycles. The molecule has 2 atom stereocenters. The van der Waals surface area contributed by atoms with Crippen molar-refractivity contribution in [3.8, 4) is 0 Å². The molecule has 0 spiro atoms. The highest BCUT2D eigenvalue weighted by Gasteiger charge is 2.24. The van der Waals surface area contributed by atoms with Gasteiger partial charge in [0, 0.05) is 24.5 Å². The minimum atomic E-state index is -0.144. The highest BCUT2D eigenvalue weighted by molar-refractivity contribution is 5.03. The second-order valence-corrected chi connectivity index (χ2v) is 3.68. The summed E-state index contributed by atoms with van der Waals surface area (Å²) in [6.45, 7) is 0.828. The van der Waals surface area contributed by atoms with E-state index in [1.165, 1.54) is 5.69 Å². The summed E-state index contributed by atoms with van der Waals surface area (Å²) < 4.78 is 0.